The normalized spacial score (nSPS) is 19.9. The number of likely N-dealkylation sites (N-methyl/N-ethyl adjacent to an activating group) is 1. The van der Waals surface area contributed by atoms with E-state index < -0.39 is 17.6 Å². The Bertz CT molecular complexity index is 2560. The number of piperazine rings is 1. The van der Waals surface area contributed by atoms with Gasteiger partial charge in [-0.3, -0.25) is 29.1 Å². The number of likely N-dealkylation sites (tertiary alicyclic amines) is 2. The molecule has 15 nitrogen and oxygen atoms in total. The van der Waals surface area contributed by atoms with Gasteiger partial charge in [-0.05, 0) is 99.3 Å². The Labute approximate surface area is 398 Å². The molecule has 3 atom stereocenters. The van der Waals surface area contributed by atoms with E-state index in [9.17, 15) is 23.6 Å². The number of carbonyl (C=O) groups is 4. The molecule has 358 valence electrons. The molecule has 0 unspecified atom stereocenters. The molecule has 18 heteroatoms. The number of ketones is 1. The Balaban J connectivity index is 0.805. The molecule has 4 aliphatic rings. The molecule has 1 aromatic carbocycles. The minimum atomic E-state index is -0.511. The summed E-state index contributed by atoms with van der Waals surface area (Å²) in [7, 11) is 1.75. The fourth-order valence-electron chi connectivity index (χ4n) is 10.4. The number of rotatable bonds is 16. The second-order valence-corrected chi connectivity index (χ2v) is 19.9. The number of hydrogen-bond acceptors (Lipinski definition) is 12. The third-order valence-corrected chi connectivity index (χ3v) is 15.7. The third-order valence-electron chi connectivity index (χ3n) is 14.4. The van der Waals surface area contributed by atoms with Crippen LogP contribution in [0, 0.1) is 17.7 Å². The number of thiophene rings is 1. The number of Topliss-reactive ketones (excluding diaryl/α,β-unsaturated/α-hetero) is 1. The quantitative estimate of drug-likeness (QED) is 0.107. The molecule has 5 aromatic rings. The van der Waals surface area contributed by atoms with Crippen LogP contribution in [0.4, 0.5) is 4.39 Å². The van der Waals surface area contributed by atoms with Gasteiger partial charge in [0, 0.05) is 75.8 Å². The van der Waals surface area contributed by atoms with Crippen LogP contribution in [0.15, 0.2) is 52.5 Å². The van der Waals surface area contributed by atoms with Crippen molar-refractivity contribution in [1.82, 2.24) is 39.6 Å². The standard InChI is InChI=1S/C49H60ClFN8O7S/c1-31(52-2)41(60)27-37(32-7-4-3-5-8-32)48(62)56-20-22-57(23-21-56)49(63)46-45(50)38-25-33(51)10-11-40(38)59(46)29-44(61)58-17-6-9-34(58)30-64-43-26-36(66-54-43)28-55-18-13-35(14-19-55)65-42-12-16-53-39-15-24-67-47(39)42/h10-12,15-16,24-26,31-32,34-35,37,52H,3-9,13-14,17-23,27-30H2,1-2H3/t31-,34-,37-/m0/s1. The van der Waals surface area contributed by atoms with Crippen molar-refractivity contribution in [3.63, 3.8) is 0 Å². The molecule has 3 aliphatic heterocycles. The maximum absolute atomic E-state index is 14.7. The Morgan fingerprint density at radius 2 is 1.72 bits per heavy atom. The Morgan fingerprint density at radius 1 is 0.940 bits per heavy atom. The first-order chi connectivity index (χ1) is 32.5. The molecule has 1 aliphatic carbocycles. The molecule has 4 fully saturated rings. The van der Waals surface area contributed by atoms with Gasteiger partial charge in [-0.2, -0.15) is 0 Å². The van der Waals surface area contributed by atoms with E-state index in [4.69, 9.17) is 25.6 Å². The fourth-order valence-corrected chi connectivity index (χ4v) is 11.6. The van der Waals surface area contributed by atoms with Crippen LogP contribution in [0.5, 0.6) is 11.6 Å². The lowest BCUT2D eigenvalue weighted by Crippen LogP contribution is -2.53. The number of benzene rings is 1. The summed E-state index contributed by atoms with van der Waals surface area (Å²) in [6.45, 7) is 5.75. The van der Waals surface area contributed by atoms with E-state index in [-0.39, 0.29) is 85.1 Å². The first-order valence-electron chi connectivity index (χ1n) is 23.9. The van der Waals surface area contributed by atoms with Gasteiger partial charge in [0.1, 0.15) is 42.3 Å². The summed E-state index contributed by atoms with van der Waals surface area (Å²) in [5, 5.41) is 9.64. The van der Waals surface area contributed by atoms with Crippen molar-refractivity contribution in [1.29, 1.82) is 0 Å². The smallest absolute Gasteiger partial charge is 0.272 e. The fraction of sp³-hybridized carbons (Fsp3) is 0.551. The van der Waals surface area contributed by atoms with Gasteiger partial charge < -0.3 is 38.6 Å². The van der Waals surface area contributed by atoms with Crippen LogP contribution < -0.4 is 14.8 Å². The molecule has 3 saturated heterocycles. The summed E-state index contributed by atoms with van der Waals surface area (Å²) in [6, 6.07) is 9.30. The number of carbonyl (C=O) groups excluding carboxylic acids is 4. The summed E-state index contributed by atoms with van der Waals surface area (Å²) in [4.78, 5) is 67.9. The number of nitrogens with zero attached hydrogens (tertiary/aromatic N) is 7. The maximum Gasteiger partial charge on any atom is 0.272 e. The van der Waals surface area contributed by atoms with E-state index in [1.54, 1.807) is 56.0 Å². The van der Waals surface area contributed by atoms with Gasteiger partial charge >= 0.3 is 0 Å². The van der Waals surface area contributed by atoms with Gasteiger partial charge in [0.05, 0.1) is 39.4 Å². The highest BCUT2D eigenvalue weighted by Gasteiger charge is 2.38. The van der Waals surface area contributed by atoms with Crippen LogP contribution in [0.2, 0.25) is 5.02 Å². The van der Waals surface area contributed by atoms with Crippen LogP contribution in [0.3, 0.4) is 0 Å². The molecular weight excluding hydrogens is 899 g/mol. The molecule has 1 N–H and O–H groups in total. The zero-order valence-electron chi connectivity index (χ0n) is 38.3. The van der Waals surface area contributed by atoms with Gasteiger partial charge in [-0.15, -0.1) is 11.3 Å². The molecule has 67 heavy (non-hydrogen) atoms. The molecule has 1 saturated carbocycles. The van der Waals surface area contributed by atoms with Crippen molar-refractivity contribution in [2.45, 2.75) is 102 Å². The highest BCUT2D eigenvalue weighted by Crippen LogP contribution is 2.36. The number of aromatic nitrogens is 3. The lowest BCUT2D eigenvalue weighted by molar-refractivity contribution is -0.142. The number of halogens is 2. The minimum Gasteiger partial charge on any atom is -0.489 e. The summed E-state index contributed by atoms with van der Waals surface area (Å²) >= 11 is 8.58. The number of pyridine rings is 1. The zero-order chi connectivity index (χ0) is 46.6. The van der Waals surface area contributed by atoms with Crippen LogP contribution in [-0.4, -0.2) is 135 Å². The number of piperidine rings is 1. The summed E-state index contributed by atoms with van der Waals surface area (Å²) in [5.74, 6) is 0.559. The van der Waals surface area contributed by atoms with E-state index >= 15 is 0 Å². The molecule has 0 radical (unpaired) electrons. The van der Waals surface area contributed by atoms with Gasteiger partial charge in [-0.25, -0.2) is 4.39 Å². The number of amides is 3. The van der Waals surface area contributed by atoms with Crippen LogP contribution >= 0.6 is 22.9 Å². The van der Waals surface area contributed by atoms with Crippen molar-refractivity contribution < 1.29 is 37.6 Å². The van der Waals surface area contributed by atoms with Crippen molar-refractivity contribution in [2.24, 2.45) is 11.8 Å². The summed E-state index contributed by atoms with van der Waals surface area (Å²) in [6.07, 6.45) is 10.5. The molecule has 9 rings (SSSR count). The first-order valence-corrected chi connectivity index (χ1v) is 25.1. The molecule has 3 amide bonds. The molecule has 0 spiro atoms. The van der Waals surface area contributed by atoms with E-state index in [1.165, 1.54) is 12.1 Å². The monoisotopic (exact) mass is 958 g/mol. The van der Waals surface area contributed by atoms with Gasteiger partial charge in [0.15, 0.2) is 5.76 Å². The van der Waals surface area contributed by atoms with E-state index in [2.05, 4.69) is 20.4 Å². The largest absolute Gasteiger partial charge is 0.489 e. The van der Waals surface area contributed by atoms with Crippen molar-refractivity contribution in [3.05, 3.63) is 70.3 Å². The first kappa shape index (κ1) is 47.0. The van der Waals surface area contributed by atoms with E-state index in [1.807, 2.05) is 24.4 Å². The number of nitrogens with one attached hydrogen (secondary N) is 1. The van der Waals surface area contributed by atoms with Crippen LogP contribution in [0.1, 0.15) is 87.4 Å². The Kier molecular flexibility index (Phi) is 14.8. The van der Waals surface area contributed by atoms with Crippen molar-refractivity contribution in [2.75, 3.05) is 59.5 Å². The van der Waals surface area contributed by atoms with E-state index in [0.717, 1.165) is 86.8 Å². The van der Waals surface area contributed by atoms with Gasteiger partial charge in [0.2, 0.25) is 11.8 Å². The second kappa shape index (κ2) is 21.0. The SMILES string of the molecule is CN[C@@H](C)C(=O)C[C@H](C(=O)N1CCN(C(=O)c2c(Cl)c3cc(F)ccc3n2CC(=O)N2CCC[C@H]2COc2cc(CN3CCC(Oc4ccnc5ccsc45)CC3)on2)CC1)C1CCCCC1. The molecule has 0 bridgehead atoms. The molecule has 7 heterocycles. The average Bonchev–Trinajstić information content (AvgIpc) is 4.18. The second-order valence-electron chi connectivity index (χ2n) is 18.6. The van der Waals surface area contributed by atoms with Gasteiger partial charge in [-0.1, -0.05) is 30.9 Å². The third kappa shape index (κ3) is 10.5. The number of fused-ring (bicyclic) bond motifs is 2. The zero-order valence-corrected chi connectivity index (χ0v) is 39.9. The summed E-state index contributed by atoms with van der Waals surface area (Å²) in [5.41, 5.74) is 1.53. The average molecular weight is 960 g/mol. The number of hydrogen-bond donors (Lipinski definition) is 1. The van der Waals surface area contributed by atoms with Gasteiger partial charge in [0.25, 0.3) is 11.8 Å². The Hall–Kier alpha value is -5.10. The van der Waals surface area contributed by atoms with Crippen molar-refractivity contribution in [3.8, 4) is 11.6 Å². The lowest BCUT2D eigenvalue weighted by Gasteiger charge is -2.39. The maximum atomic E-state index is 14.7. The Morgan fingerprint density at radius 3 is 2.49 bits per heavy atom. The predicted molar refractivity (Wildman–Crippen MR) is 253 cm³/mol. The summed E-state index contributed by atoms with van der Waals surface area (Å²) < 4.78 is 35.5. The minimum absolute atomic E-state index is 0.0254. The molecular formula is C49H60ClFN8O7S. The number of ether oxygens (including phenoxy) is 2. The van der Waals surface area contributed by atoms with Crippen molar-refractivity contribution >= 4 is 67.6 Å². The topological polar surface area (TPSA) is 156 Å². The predicted octanol–water partition coefficient (Wildman–Crippen LogP) is 7.19. The molecule has 4 aromatic heterocycles. The van der Waals surface area contributed by atoms with Crippen LogP contribution in [0.25, 0.3) is 21.1 Å². The van der Waals surface area contributed by atoms with E-state index in [0.29, 0.717) is 48.7 Å². The highest BCUT2D eigenvalue weighted by atomic mass is 35.5. The highest BCUT2D eigenvalue weighted by molar-refractivity contribution is 7.17. The lowest BCUT2D eigenvalue weighted by atomic mass is 9.76. The van der Waals surface area contributed by atoms with Crippen LogP contribution in [-0.2, 0) is 27.5 Å².